The highest BCUT2D eigenvalue weighted by Gasteiger charge is 2.63. The fourth-order valence-electron chi connectivity index (χ4n) is 3.06. The van der Waals surface area contributed by atoms with Crippen LogP contribution >= 0.6 is 7.75 Å². The average Bonchev–Trinajstić information content (AvgIpc) is 2.98. The first-order valence-corrected chi connectivity index (χ1v) is 8.66. The Morgan fingerprint density at radius 2 is 2.29 bits per heavy atom. The first-order valence-electron chi connectivity index (χ1n) is 7.08. The predicted molar refractivity (Wildman–Crippen MR) is 79.5 cm³/mol. The molecule has 1 aromatic heterocycles. The maximum atomic E-state index is 12.0. The summed E-state index contributed by atoms with van der Waals surface area (Å²) in [5.41, 5.74) is -2.29. The highest BCUT2D eigenvalue weighted by atomic mass is 31.2. The van der Waals surface area contributed by atoms with E-state index in [4.69, 9.17) is 14.2 Å². The van der Waals surface area contributed by atoms with Crippen molar-refractivity contribution in [3.05, 3.63) is 33.1 Å². The fraction of sp³-hybridized carbons (Fsp3) is 0.667. The van der Waals surface area contributed by atoms with Crippen molar-refractivity contribution in [2.45, 2.75) is 24.0 Å². The number of rotatable bonds is 6. The molecule has 12 heteroatoms. The summed E-state index contributed by atoms with van der Waals surface area (Å²) >= 11 is 0. The summed E-state index contributed by atoms with van der Waals surface area (Å²) in [6.45, 7) is 0.182. The highest BCUT2D eigenvalue weighted by Crippen LogP contribution is 2.49. The molecule has 4 unspecified atom stereocenters. The monoisotopic (exact) mass is 363 g/mol. The van der Waals surface area contributed by atoms with Crippen LogP contribution in [-0.2, 0) is 23.3 Å². The molecule has 24 heavy (non-hydrogen) atoms. The number of H-pyrrole nitrogens is 1. The molecular weight excluding hydrogens is 345 g/mol. The van der Waals surface area contributed by atoms with Crippen LogP contribution < -0.4 is 16.3 Å². The second-order valence-corrected chi connectivity index (χ2v) is 7.27. The van der Waals surface area contributed by atoms with Crippen LogP contribution in [0.4, 0.5) is 0 Å². The normalized spacial score (nSPS) is 34.4. The molecule has 0 spiro atoms. The van der Waals surface area contributed by atoms with E-state index in [2.05, 4.69) is 14.6 Å². The van der Waals surface area contributed by atoms with Crippen molar-refractivity contribution in [2.75, 3.05) is 27.4 Å². The molecule has 3 N–H and O–H groups in total. The predicted octanol–water partition coefficient (Wildman–Crippen LogP) is -1.45. The number of nitrogens with zero attached hydrogens (tertiary/aromatic N) is 1. The van der Waals surface area contributed by atoms with Crippen LogP contribution in [0.15, 0.2) is 21.9 Å². The van der Waals surface area contributed by atoms with Gasteiger partial charge in [0.15, 0.2) is 6.23 Å². The maximum Gasteiger partial charge on any atom is 0.403 e. The van der Waals surface area contributed by atoms with Gasteiger partial charge in [-0.1, -0.05) is 0 Å². The van der Waals surface area contributed by atoms with Gasteiger partial charge < -0.3 is 23.6 Å². The van der Waals surface area contributed by atoms with Crippen molar-refractivity contribution in [1.82, 2.24) is 14.6 Å². The van der Waals surface area contributed by atoms with Gasteiger partial charge in [-0.25, -0.2) is 14.4 Å². The standard InChI is InChI=1S/C12H18N3O8P/c1-20-5-12-6-22-8(9(12)14-24(18,19)21-2)10(23-12)15-4-3-7(16)13-11(15)17/h3-4,8-10H,5-6H2,1-2H3,(H,13,16,17)(H2,14,18,19)/t8-,9?,10?,12?/m0/s1. The van der Waals surface area contributed by atoms with Gasteiger partial charge in [0.1, 0.15) is 11.7 Å². The Morgan fingerprint density at radius 3 is 2.92 bits per heavy atom. The van der Waals surface area contributed by atoms with Crippen LogP contribution in [0.25, 0.3) is 0 Å². The molecule has 0 amide bonds. The van der Waals surface area contributed by atoms with Crippen molar-refractivity contribution in [3.63, 3.8) is 0 Å². The van der Waals surface area contributed by atoms with Crippen LogP contribution in [0.2, 0.25) is 0 Å². The average molecular weight is 363 g/mol. The number of hydrogen-bond donors (Lipinski definition) is 3. The molecule has 3 heterocycles. The van der Waals surface area contributed by atoms with Gasteiger partial charge in [-0.3, -0.25) is 14.3 Å². The lowest BCUT2D eigenvalue weighted by Gasteiger charge is -2.31. The van der Waals surface area contributed by atoms with Crippen molar-refractivity contribution in [1.29, 1.82) is 0 Å². The lowest BCUT2D eigenvalue weighted by Crippen LogP contribution is -2.50. The van der Waals surface area contributed by atoms with E-state index in [1.807, 2.05) is 0 Å². The molecule has 2 saturated heterocycles. The first kappa shape index (κ1) is 17.5. The number of hydrogen-bond acceptors (Lipinski definition) is 7. The van der Waals surface area contributed by atoms with Gasteiger partial charge in [-0.2, -0.15) is 0 Å². The second kappa shape index (κ2) is 6.19. The van der Waals surface area contributed by atoms with Gasteiger partial charge in [-0.15, -0.1) is 0 Å². The van der Waals surface area contributed by atoms with Crippen LogP contribution in [0, 0.1) is 0 Å². The number of methoxy groups -OCH3 is 1. The number of ether oxygens (including phenoxy) is 3. The molecule has 134 valence electrons. The van der Waals surface area contributed by atoms with E-state index < -0.39 is 43.0 Å². The van der Waals surface area contributed by atoms with Gasteiger partial charge >= 0.3 is 13.4 Å². The van der Waals surface area contributed by atoms with Crippen molar-refractivity contribution in [2.24, 2.45) is 0 Å². The quantitative estimate of drug-likeness (QED) is 0.518. The molecule has 2 bridgehead atoms. The Hall–Kier alpha value is -1.33. The third kappa shape index (κ3) is 2.88. The van der Waals surface area contributed by atoms with Crippen molar-refractivity contribution >= 4 is 7.75 Å². The fourth-order valence-corrected chi connectivity index (χ4v) is 3.90. The number of nitrogens with one attached hydrogen (secondary N) is 2. The van der Waals surface area contributed by atoms with E-state index in [9.17, 15) is 19.0 Å². The lowest BCUT2D eigenvalue weighted by molar-refractivity contribution is -0.188. The molecule has 2 aliphatic rings. The van der Waals surface area contributed by atoms with Gasteiger partial charge in [0.05, 0.1) is 19.3 Å². The zero-order valence-electron chi connectivity index (χ0n) is 13.0. The third-order valence-electron chi connectivity index (χ3n) is 4.12. The van der Waals surface area contributed by atoms with Crippen molar-refractivity contribution in [3.8, 4) is 0 Å². The van der Waals surface area contributed by atoms with Gasteiger partial charge in [0.2, 0.25) is 0 Å². The molecule has 11 nitrogen and oxygen atoms in total. The summed E-state index contributed by atoms with van der Waals surface area (Å²) in [5.74, 6) is 0. The molecule has 2 aliphatic heterocycles. The van der Waals surface area contributed by atoms with Crippen LogP contribution in [0.3, 0.4) is 0 Å². The number of aromatic nitrogens is 2. The second-order valence-electron chi connectivity index (χ2n) is 5.61. The summed E-state index contributed by atoms with van der Waals surface area (Å²) < 4.78 is 34.4. The van der Waals surface area contributed by atoms with Crippen LogP contribution in [0.1, 0.15) is 6.23 Å². The van der Waals surface area contributed by atoms with Gasteiger partial charge in [0, 0.05) is 26.5 Å². The first-order chi connectivity index (χ1) is 11.3. The summed E-state index contributed by atoms with van der Waals surface area (Å²) in [5, 5.41) is 2.49. The lowest BCUT2D eigenvalue weighted by atomic mass is 9.98. The summed E-state index contributed by atoms with van der Waals surface area (Å²) in [4.78, 5) is 35.1. The zero-order valence-corrected chi connectivity index (χ0v) is 13.9. The van der Waals surface area contributed by atoms with Crippen LogP contribution in [-0.4, -0.2) is 59.6 Å². The number of aromatic amines is 1. The molecule has 5 atom stereocenters. The Labute approximate surface area is 136 Å². The Balaban J connectivity index is 1.97. The topological polar surface area (TPSA) is 141 Å². The van der Waals surface area contributed by atoms with Crippen molar-refractivity contribution < 1.29 is 28.2 Å². The minimum atomic E-state index is -4.07. The molecule has 1 aromatic rings. The van der Waals surface area contributed by atoms with E-state index in [0.29, 0.717) is 0 Å². The SMILES string of the molecule is COCC12CO[C@H](C(n3ccc(=O)[nH]c3=O)O1)C2NP(=O)(O)OC. The maximum absolute atomic E-state index is 12.0. The molecule has 0 saturated carbocycles. The summed E-state index contributed by atoms with van der Waals surface area (Å²) in [6, 6.07) is 0.422. The van der Waals surface area contributed by atoms with E-state index in [-0.39, 0.29) is 13.2 Å². The molecule has 0 aliphatic carbocycles. The zero-order chi connectivity index (χ0) is 17.5. The van der Waals surface area contributed by atoms with Crippen LogP contribution in [0.5, 0.6) is 0 Å². The Bertz CT molecular complexity index is 778. The Kier molecular flexibility index (Phi) is 4.51. The molecule has 0 aromatic carbocycles. The van der Waals surface area contributed by atoms with Gasteiger partial charge in [0.25, 0.3) is 5.56 Å². The summed E-state index contributed by atoms with van der Waals surface area (Å²) in [7, 11) is -1.52. The van der Waals surface area contributed by atoms with E-state index in [1.165, 1.54) is 19.4 Å². The minimum Gasteiger partial charge on any atom is -0.382 e. The smallest absolute Gasteiger partial charge is 0.382 e. The molecule has 2 fully saturated rings. The highest BCUT2D eigenvalue weighted by molar-refractivity contribution is 7.50. The minimum absolute atomic E-state index is 0.0689. The largest absolute Gasteiger partial charge is 0.403 e. The van der Waals surface area contributed by atoms with E-state index in [0.717, 1.165) is 11.7 Å². The third-order valence-corrected chi connectivity index (χ3v) is 5.22. The molecule has 3 rings (SSSR count). The number of fused-ring (bicyclic) bond motifs is 2. The van der Waals surface area contributed by atoms with E-state index in [1.54, 1.807) is 0 Å². The molecule has 0 radical (unpaired) electrons. The van der Waals surface area contributed by atoms with Gasteiger partial charge in [-0.05, 0) is 0 Å². The molecular formula is C12H18N3O8P. The van der Waals surface area contributed by atoms with E-state index >= 15 is 0 Å². The summed E-state index contributed by atoms with van der Waals surface area (Å²) in [6.07, 6.45) is -0.366. The Morgan fingerprint density at radius 1 is 1.54 bits per heavy atom.